The molecule has 0 saturated carbocycles. The number of anilines is 2. The highest BCUT2D eigenvalue weighted by molar-refractivity contribution is 6.09. The third kappa shape index (κ3) is 2.82. The number of nitrogens with one attached hydrogen (secondary N) is 1. The van der Waals surface area contributed by atoms with Crippen molar-refractivity contribution >= 4 is 17.3 Å². The molecule has 0 fully saturated rings. The summed E-state index contributed by atoms with van der Waals surface area (Å²) in [6, 6.07) is 15.6. The van der Waals surface area contributed by atoms with Gasteiger partial charge in [0.15, 0.2) is 0 Å². The van der Waals surface area contributed by atoms with Gasteiger partial charge in [0, 0.05) is 25.0 Å². The quantitative estimate of drug-likeness (QED) is 0.917. The molecule has 0 bridgehead atoms. The molecule has 2 rings (SSSR count). The lowest BCUT2D eigenvalue weighted by atomic mass is 10.1. The molecule has 3 heteroatoms. The van der Waals surface area contributed by atoms with Gasteiger partial charge < -0.3 is 10.2 Å². The van der Waals surface area contributed by atoms with Crippen LogP contribution in [0, 0.1) is 6.92 Å². The summed E-state index contributed by atoms with van der Waals surface area (Å²) in [6.45, 7) is 4.66. The Hall–Kier alpha value is -2.29. The van der Waals surface area contributed by atoms with Crippen molar-refractivity contribution in [3.8, 4) is 0 Å². The molecule has 0 radical (unpaired) electrons. The molecule has 0 saturated heterocycles. The van der Waals surface area contributed by atoms with Crippen LogP contribution in [0.25, 0.3) is 0 Å². The molecule has 104 valence electrons. The zero-order valence-electron chi connectivity index (χ0n) is 12.2. The number of aryl methyl sites for hydroxylation is 1. The number of amides is 1. The van der Waals surface area contributed by atoms with Gasteiger partial charge in [-0.3, -0.25) is 4.79 Å². The third-order valence-corrected chi connectivity index (χ3v) is 3.30. The molecule has 3 nitrogen and oxygen atoms in total. The zero-order chi connectivity index (χ0) is 14.5. The highest BCUT2D eigenvalue weighted by Crippen LogP contribution is 2.22. The van der Waals surface area contributed by atoms with Crippen molar-refractivity contribution in [2.45, 2.75) is 13.8 Å². The van der Waals surface area contributed by atoms with E-state index < -0.39 is 0 Å². The molecule has 0 aliphatic rings. The second-order valence-electron chi connectivity index (χ2n) is 4.68. The third-order valence-electron chi connectivity index (χ3n) is 3.30. The number of benzene rings is 2. The second kappa shape index (κ2) is 6.24. The van der Waals surface area contributed by atoms with E-state index in [4.69, 9.17) is 0 Å². The maximum atomic E-state index is 12.8. The standard InChI is InChI=1S/C17H20N2O/c1-4-19(14-9-7-8-13(2)12-14)17(20)15-10-5-6-11-16(15)18-3/h5-12,18H,4H2,1-3H3. The molecule has 2 aromatic rings. The van der Waals surface area contributed by atoms with Gasteiger partial charge in [0.1, 0.15) is 0 Å². The molecule has 0 spiro atoms. The largest absolute Gasteiger partial charge is 0.387 e. The van der Waals surface area contributed by atoms with E-state index in [9.17, 15) is 4.79 Å². The lowest BCUT2D eigenvalue weighted by Crippen LogP contribution is -2.31. The van der Waals surface area contributed by atoms with E-state index >= 15 is 0 Å². The van der Waals surface area contributed by atoms with Crippen LogP contribution in [0.4, 0.5) is 11.4 Å². The van der Waals surface area contributed by atoms with Gasteiger partial charge in [0.2, 0.25) is 0 Å². The molecule has 1 N–H and O–H groups in total. The van der Waals surface area contributed by atoms with Gasteiger partial charge in [-0.15, -0.1) is 0 Å². The highest BCUT2D eigenvalue weighted by atomic mass is 16.2. The van der Waals surface area contributed by atoms with Crippen LogP contribution in [0.3, 0.4) is 0 Å². The zero-order valence-corrected chi connectivity index (χ0v) is 12.2. The van der Waals surface area contributed by atoms with Crippen LogP contribution in [0.2, 0.25) is 0 Å². The summed E-state index contributed by atoms with van der Waals surface area (Å²) in [5, 5.41) is 3.07. The molecule has 1 amide bonds. The van der Waals surface area contributed by atoms with Crippen LogP contribution in [0.1, 0.15) is 22.8 Å². The monoisotopic (exact) mass is 268 g/mol. The van der Waals surface area contributed by atoms with E-state index in [1.54, 1.807) is 4.90 Å². The molecule has 0 heterocycles. The smallest absolute Gasteiger partial charge is 0.260 e. The van der Waals surface area contributed by atoms with Gasteiger partial charge in [-0.2, -0.15) is 0 Å². The Morgan fingerprint density at radius 3 is 2.55 bits per heavy atom. The number of rotatable bonds is 4. The maximum Gasteiger partial charge on any atom is 0.260 e. The van der Waals surface area contributed by atoms with E-state index in [1.807, 2.05) is 69.4 Å². The van der Waals surface area contributed by atoms with Gasteiger partial charge in [-0.05, 0) is 43.7 Å². The first-order valence-electron chi connectivity index (χ1n) is 6.82. The minimum Gasteiger partial charge on any atom is -0.387 e. The van der Waals surface area contributed by atoms with Gasteiger partial charge in [-0.25, -0.2) is 0 Å². The van der Waals surface area contributed by atoms with E-state index in [1.165, 1.54) is 0 Å². The fourth-order valence-corrected chi connectivity index (χ4v) is 2.27. The molecular weight excluding hydrogens is 248 g/mol. The fourth-order valence-electron chi connectivity index (χ4n) is 2.27. The minimum absolute atomic E-state index is 0.0167. The summed E-state index contributed by atoms with van der Waals surface area (Å²) >= 11 is 0. The van der Waals surface area contributed by atoms with Crippen LogP contribution >= 0.6 is 0 Å². The first kappa shape index (κ1) is 14.1. The first-order valence-corrected chi connectivity index (χ1v) is 6.82. The lowest BCUT2D eigenvalue weighted by Gasteiger charge is -2.22. The number of carbonyl (C=O) groups is 1. The van der Waals surface area contributed by atoms with Gasteiger partial charge >= 0.3 is 0 Å². The van der Waals surface area contributed by atoms with E-state index in [2.05, 4.69) is 5.32 Å². The Labute approximate surface area is 120 Å². The van der Waals surface area contributed by atoms with Crippen LogP contribution in [0.5, 0.6) is 0 Å². The molecule has 0 aliphatic heterocycles. The van der Waals surface area contributed by atoms with E-state index in [0.717, 1.165) is 16.9 Å². The van der Waals surface area contributed by atoms with Gasteiger partial charge in [0.25, 0.3) is 5.91 Å². The van der Waals surface area contributed by atoms with Crippen LogP contribution < -0.4 is 10.2 Å². The summed E-state index contributed by atoms with van der Waals surface area (Å²) < 4.78 is 0. The van der Waals surface area contributed by atoms with Crippen molar-refractivity contribution in [1.82, 2.24) is 0 Å². The summed E-state index contributed by atoms with van der Waals surface area (Å²) in [7, 11) is 1.83. The first-order chi connectivity index (χ1) is 9.67. The molecule has 0 atom stereocenters. The van der Waals surface area contributed by atoms with Crippen molar-refractivity contribution in [1.29, 1.82) is 0 Å². The highest BCUT2D eigenvalue weighted by Gasteiger charge is 2.18. The topological polar surface area (TPSA) is 32.3 Å². The number of nitrogens with zero attached hydrogens (tertiary/aromatic N) is 1. The van der Waals surface area contributed by atoms with Crippen molar-refractivity contribution in [3.63, 3.8) is 0 Å². The van der Waals surface area contributed by atoms with Crippen molar-refractivity contribution in [2.75, 3.05) is 23.8 Å². The van der Waals surface area contributed by atoms with E-state index in [-0.39, 0.29) is 5.91 Å². The summed E-state index contributed by atoms with van der Waals surface area (Å²) in [5.41, 5.74) is 3.63. The maximum absolute atomic E-state index is 12.8. The normalized spacial score (nSPS) is 10.2. The molecule has 20 heavy (non-hydrogen) atoms. The van der Waals surface area contributed by atoms with E-state index in [0.29, 0.717) is 12.1 Å². The minimum atomic E-state index is 0.0167. The number of para-hydroxylation sites is 1. The molecule has 0 aromatic heterocycles. The fraction of sp³-hybridized carbons (Fsp3) is 0.235. The van der Waals surface area contributed by atoms with Crippen LogP contribution in [-0.2, 0) is 0 Å². The Balaban J connectivity index is 2.39. The lowest BCUT2D eigenvalue weighted by molar-refractivity contribution is 0.0989. The number of hydrogen-bond acceptors (Lipinski definition) is 2. The molecular formula is C17H20N2O. The van der Waals surface area contributed by atoms with Crippen LogP contribution in [-0.4, -0.2) is 19.5 Å². The average Bonchev–Trinajstić information content (AvgIpc) is 2.48. The molecule has 2 aromatic carbocycles. The Kier molecular flexibility index (Phi) is 4.41. The van der Waals surface area contributed by atoms with Gasteiger partial charge in [-0.1, -0.05) is 24.3 Å². The predicted molar refractivity (Wildman–Crippen MR) is 84.5 cm³/mol. The summed E-state index contributed by atoms with van der Waals surface area (Å²) in [4.78, 5) is 14.5. The van der Waals surface area contributed by atoms with Crippen molar-refractivity contribution in [3.05, 3.63) is 59.7 Å². The molecule has 0 aliphatic carbocycles. The Morgan fingerprint density at radius 2 is 1.90 bits per heavy atom. The van der Waals surface area contributed by atoms with Crippen LogP contribution in [0.15, 0.2) is 48.5 Å². The SMILES string of the molecule is CCN(C(=O)c1ccccc1NC)c1cccc(C)c1. The molecule has 0 unspecified atom stereocenters. The number of carbonyl (C=O) groups excluding carboxylic acids is 1. The predicted octanol–water partition coefficient (Wildman–Crippen LogP) is 3.70. The Bertz CT molecular complexity index is 607. The second-order valence-corrected chi connectivity index (χ2v) is 4.68. The Morgan fingerprint density at radius 1 is 1.15 bits per heavy atom. The van der Waals surface area contributed by atoms with Crippen molar-refractivity contribution < 1.29 is 4.79 Å². The number of hydrogen-bond donors (Lipinski definition) is 1. The summed E-state index contributed by atoms with van der Waals surface area (Å²) in [5.74, 6) is 0.0167. The van der Waals surface area contributed by atoms with Crippen molar-refractivity contribution in [2.24, 2.45) is 0 Å². The average molecular weight is 268 g/mol. The van der Waals surface area contributed by atoms with Gasteiger partial charge in [0.05, 0.1) is 5.56 Å². The summed E-state index contributed by atoms with van der Waals surface area (Å²) in [6.07, 6.45) is 0.